The topological polar surface area (TPSA) is 61.8 Å². The molecule has 0 aromatic rings. The molecular formula is C9H15Br2O5P. The van der Waals surface area contributed by atoms with Crippen LogP contribution in [-0.4, -0.2) is 35.9 Å². The van der Waals surface area contributed by atoms with Crippen LogP contribution in [0.15, 0.2) is 12.2 Å². The van der Waals surface area contributed by atoms with Gasteiger partial charge in [-0.1, -0.05) is 38.4 Å². The maximum Gasteiger partial charge on any atom is 0.333 e. The van der Waals surface area contributed by atoms with Crippen LogP contribution in [-0.2, 0) is 23.1 Å². The number of carbonyl (C=O) groups excluding carboxylic acids is 1. The molecule has 0 aliphatic heterocycles. The molecule has 0 aliphatic rings. The van der Waals surface area contributed by atoms with Crippen LogP contribution >= 0.6 is 40.1 Å². The van der Waals surface area contributed by atoms with E-state index in [-0.39, 0.29) is 24.6 Å². The average Bonchev–Trinajstić information content (AvgIpc) is 2.30. The van der Waals surface area contributed by atoms with Crippen LogP contribution in [0.5, 0.6) is 0 Å². The fourth-order valence-electron chi connectivity index (χ4n) is 0.627. The van der Waals surface area contributed by atoms with Gasteiger partial charge in [0.15, 0.2) is 0 Å². The number of carbonyl (C=O) groups is 1. The van der Waals surface area contributed by atoms with E-state index in [0.717, 1.165) is 0 Å². The first kappa shape index (κ1) is 17.3. The minimum atomic E-state index is -2.53. The molecule has 0 saturated carbocycles. The quantitative estimate of drug-likeness (QED) is 0.198. The third-order valence-electron chi connectivity index (χ3n) is 1.43. The number of ether oxygens (including phenoxy) is 1. The van der Waals surface area contributed by atoms with Crippen molar-refractivity contribution in [1.82, 2.24) is 0 Å². The van der Waals surface area contributed by atoms with E-state index in [4.69, 9.17) is 13.8 Å². The minimum Gasteiger partial charge on any atom is -0.460 e. The molecule has 2 unspecified atom stereocenters. The van der Waals surface area contributed by atoms with Crippen LogP contribution < -0.4 is 0 Å². The van der Waals surface area contributed by atoms with Crippen molar-refractivity contribution < 1.29 is 23.1 Å². The SMILES string of the molecule is C=C(C)C(=O)OCCO[PH](=O)OCC(Br)CBr. The van der Waals surface area contributed by atoms with E-state index < -0.39 is 14.2 Å². The Morgan fingerprint density at radius 3 is 2.59 bits per heavy atom. The number of hydrogen-bond acceptors (Lipinski definition) is 5. The van der Waals surface area contributed by atoms with E-state index >= 15 is 0 Å². The number of halogens is 2. The lowest BCUT2D eigenvalue weighted by atomic mass is 10.4. The van der Waals surface area contributed by atoms with Gasteiger partial charge in [0.05, 0.1) is 13.2 Å². The Labute approximate surface area is 118 Å². The van der Waals surface area contributed by atoms with Crippen molar-refractivity contribution in [2.24, 2.45) is 0 Å². The van der Waals surface area contributed by atoms with Crippen molar-refractivity contribution in [1.29, 1.82) is 0 Å². The first-order chi connectivity index (χ1) is 7.97. The first-order valence-electron chi connectivity index (χ1n) is 4.79. The number of hydrogen-bond donors (Lipinski definition) is 0. The van der Waals surface area contributed by atoms with Gasteiger partial charge < -0.3 is 13.8 Å². The standard InChI is InChI=1S/C9H15Br2O5P/c1-7(2)9(12)14-3-4-15-17(13)16-6-8(11)5-10/h8,17H,1,3-6H2,2H3. The molecule has 2 atom stereocenters. The predicted molar refractivity (Wildman–Crippen MR) is 73.2 cm³/mol. The van der Waals surface area contributed by atoms with Gasteiger partial charge in [-0.25, -0.2) is 4.79 Å². The molecule has 0 rings (SSSR count). The Kier molecular flexibility index (Phi) is 10.5. The maximum absolute atomic E-state index is 11.2. The Morgan fingerprint density at radius 2 is 2.06 bits per heavy atom. The van der Waals surface area contributed by atoms with Crippen molar-refractivity contribution in [3.63, 3.8) is 0 Å². The van der Waals surface area contributed by atoms with Crippen LogP contribution in [0.4, 0.5) is 0 Å². The highest BCUT2D eigenvalue weighted by molar-refractivity contribution is 9.12. The van der Waals surface area contributed by atoms with Gasteiger partial charge in [-0.05, 0) is 6.92 Å². The molecule has 0 aromatic carbocycles. The normalized spacial score (nSPS) is 14.1. The fourth-order valence-corrected chi connectivity index (χ4v) is 1.86. The van der Waals surface area contributed by atoms with Gasteiger partial charge in [0.2, 0.25) is 0 Å². The fraction of sp³-hybridized carbons (Fsp3) is 0.667. The molecule has 0 aromatic heterocycles. The molecule has 0 bridgehead atoms. The van der Waals surface area contributed by atoms with E-state index in [0.29, 0.717) is 10.9 Å². The molecule has 8 heteroatoms. The lowest BCUT2D eigenvalue weighted by molar-refractivity contribution is -0.139. The predicted octanol–water partition coefficient (Wildman–Crippen LogP) is 2.69. The lowest BCUT2D eigenvalue weighted by Gasteiger charge is -2.08. The van der Waals surface area contributed by atoms with E-state index in [1.807, 2.05) is 0 Å². The first-order valence-corrected chi connectivity index (χ1v) is 8.05. The molecule has 5 nitrogen and oxygen atoms in total. The molecular weight excluding hydrogens is 379 g/mol. The van der Waals surface area contributed by atoms with Crippen molar-refractivity contribution >= 4 is 46.1 Å². The van der Waals surface area contributed by atoms with E-state index in [9.17, 15) is 9.36 Å². The largest absolute Gasteiger partial charge is 0.460 e. The third kappa shape index (κ3) is 9.97. The van der Waals surface area contributed by atoms with Gasteiger partial charge in [0, 0.05) is 15.7 Å². The minimum absolute atomic E-state index is 0.0294. The summed E-state index contributed by atoms with van der Waals surface area (Å²) in [6.07, 6.45) is 0. The van der Waals surface area contributed by atoms with Crippen molar-refractivity contribution in [2.75, 3.05) is 25.2 Å². The molecule has 0 fully saturated rings. The Hall–Kier alpha value is 0.320. The number of rotatable bonds is 9. The van der Waals surface area contributed by atoms with Crippen LogP contribution in [0.1, 0.15) is 6.92 Å². The molecule has 0 N–H and O–H groups in total. The highest BCUT2D eigenvalue weighted by Crippen LogP contribution is 2.24. The Bertz CT molecular complexity index is 285. The summed E-state index contributed by atoms with van der Waals surface area (Å²) in [5.41, 5.74) is 0.313. The average molecular weight is 394 g/mol. The van der Waals surface area contributed by atoms with Crippen LogP contribution in [0.2, 0.25) is 0 Å². The zero-order chi connectivity index (χ0) is 13.3. The monoisotopic (exact) mass is 392 g/mol. The van der Waals surface area contributed by atoms with Gasteiger partial charge in [0.1, 0.15) is 6.61 Å². The van der Waals surface area contributed by atoms with E-state index in [1.54, 1.807) is 6.92 Å². The zero-order valence-electron chi connectivity index (χ0n) is 9.41. The van der Waals surface area contributed by atoms with Crippen molar-refractivity contribution in [2.45, 2.75) is 11.8 Å². The van der Waals surface area contributed by atoms with Gasteiger partial charge >= 0.3 is 14.2 Å². The number of esters is 1. The summed E-state index contributed by atoms with van der Waals surface area (Å²) in [4.78, 5) is 11.0. The second-order valence-electron chi connectivity index (χ2n) is 3.08. The second-order valence-corrected chi connectivity index (χ2v) is 6.10. The summed E-state index contributed by atoms with van der Waals surface area (Å²) in [5.74, 6) is -0.492. The Morgan fingerprint density at radius 1 is 1.41 bits per heavy atom. The number of alkyl halides is 2. The highest BCUT2D eigenvalue weighted by atomic mass is 79.9. The molecule has 0 amide bonds. The molecule has 0 radical (unpaired) electrons. The van der Waals surface area contributed by atoms with Crippen molar-refractivity contribution in [3.8, 4) is 0 Å². The van der Waals surface area contributed by atoms with E-state index in [1.165, 1.54) is 0 Å². The summed E-state index contributed by atoms with van der Waals surface area (Å²) in [6.45, 7) is 5.32. The summed E-state index contributed by atoms with van der Waals surface area (Å²) in [7, 11) is -2.53. The zero-order valence-corrected chi connectivity index (χ0v) is 13.6. The molecule has 17 heavy (non-hydrogen) atoms. The molecule has 100 valence electrons. The maximum atomic E-state index is 11.2. The summed E-state index contributed by atoms with van der Waals surface area (Å²) in [6, 6.07) is 0. The Balaban J connectivity index is 3.52. The second kappa shape index (κ2) is 10.3. The van der Waals surface area contributed by atoms with Gasteiger partial charge in [-0.2, -0.15) is 0 Å². The lowest BCUT2D eigenvalue weighted by Crippen LogP contribution is -2.10. The summed E-state index contributed by atoms with van der Waals surface area (Å²) >= 11 is 6.53. The summed E-state index contributed by atoms with van der Waals surface area (Å²) < 4.78 is 25.7. The molecule has 0 spiro atoms. The van der Waals surface area contributed by atoms with Crippen LogP contribution in [0.3, 0.4) is 0 Å². The highest BCUT2D eigenvalue weighted by Gasteiger charge is 2.07. The van der Waals surface area contributed by atoms with E-state index in [2.05, 4.69) is 38.4 Å². The smallest absolute Gasteiger partial charge is 0.333 e. The molecule has 0 aliphatic carbocycles. The van der Waals surface area contributed by atoms with Crippen molar-refractivity contribution in [3.05, 3.63) is 12.2 Å². The van der Waals surface area contributed by atoms with Gasteiger partial charge in [-0.15, -0.1) is 0 Å². The third-order valence-corrected chi connectivity index (χ3v) is 4.52. The summed E-state index contributed by atoms with van der Waals surface area (Å²) in [5, 5.41) is 0.693. The van der Waals surface area contributed by atoms with Gasteiger partial charge in [-0.3, -0.25) is 4.57 Å². The molecule has 0 saturated heterocycles. The van der Waals surface area contributed by atoms with Crippen LogP contribution in [0, 0.1) is 0 Å². The van der Waals surface area contributed by atoms with Gasteiger partial charge in [0.25, 0.3) is 0 Å². The molecule has 0 heterocycles. The van der Waals surface area contributed by atoms with Crippen LogP contribution in [0.25, 0.3) is 0 Å².